The van der Waals surface area contributed by atoms with Gasteiger partial charge in [-0.15, -0.1) is 0 Å². The fourth-order valence-corrected chi connectivity index (χ4v) is 3.28. The van der Waals surface area contributed by atoms with Crippen LogP contribution >= 0.6 is 0 Å². The van der Waals surface area contributed by atoms with E-state index in [1.165, 1.54) is 0 Å². The topological polar surface area (TPSA) is 64.7 Å². The molecule has 0 bridgehead atoms. The van der Waals surface area contributed by atoms with E-state index in [9.17, 15) is 9.59 Å². The van der Waals surface area contributed by atoms with Crippen LogP contribution in [0.4, 0.5) is 0 Å². The Morgan fingerprint density at radius 1 is 1.18 bits per heavy atom. The number of imide groups is 1. The summed E-state index contributed by atoms with van der Waals surface area (Å²) in [6.45, 7) is 4.70. The Labute approximate surface area is 133 Å². The summed E-state index contributed by atoms with van der Waals surface area (Å²) in [5, 5.41) is 5.80. The first-order chi connectivity index (χ1) is 10.6. The Hall–Kier alpha value is -0.980. The molecule has 2 aliphatic rings. The predicted molar refractivity (Wildman–Crippen MR) is 86.5 cm³/mol. The van der Waals surface area contributed by atoms with Crippen molar-refractivity contribution in [2.45, 2.75) is 38.1 Å². The van der Waals surface area contributed by atoms with Gasteiger partial charge in [-0.2, -0.15) is 0 Å². The first-order valence-electron chi connectivity index (χ1n) is 8.49. The molecular formula is C16H30N4O2. The zero-order valence-corrected chi connectivity index (χ0v) is 13.9. The number of rotatable bonds is 5. The normalized spacial score (nSPS) is 22.0. The van der Waals surface area contributed by atoms with Crippen LogP contribution in [0.1, 0.15) is 32.1 Å². The summed E-state index contributed by atoms with van der Waals surface area (Å²) in [7, 11) is 4.23. The van der Waals surface area contributed by atoms with Crippen LogP contribution < -0.4 is 10.6 Å². The molecule has 6 nitrogen and oxygen atoms in total. The van der Waals surface area contributed by atoms with Crippen LogP contribution in [0.3, 0.4) is 0 Å². The summed E-state index contributed by atoms with van der Waals surface area (Å²) in [6.07, 6.45) is 4.37. The van der Waals surface area contributed by atoms with Gasteiger partial charge in [-0.05, 0) is 66.0 Å². The van der Waals surface area contributed by atoms with Crippen LogP contribution in [0, 0.1) is 5.92 Å². The van der Waals surface area contributed by atoms with Crippen molar-refractivity contribution in [3.05, 3.63) is 0 Å². The maximum atomic E-state index is 12.0. The molecule has 0 radical (unpaired) electrons. The average Bonchev–Trinajstić information content (AvgIpc) is 2.54. The lowest BCUT2D eigenvalue weighted by molar-refractivity contribution is -0.133. The lowest BCUT2D eigenvalue weighted by Gasteiger charge is -2.35. The van der Waals surface area contributed by atoms with Gasteiger partial charge in [0.1, 0.15) is 0 Å². The molecule has 0 aromatic heterocycles. The standard InChI is InChI=1S/C16H30N4O2/c1-19-10-5-14(6-11-19)20(2)12-7-15(21)18-16(22)13-3-8-17-9-4-13/h13-14,17H,3-12H2,1-2H3,(H,18,21,22). The van der Waals surface area contributed by atoms with Crippen molar-refractivity contribution >= 4 is 11.8 Å². The molecule has 22 heavy (non-hydrogen) atoms. The van der Waals surface area contributed by atoms with Gasteiger partial charge in [-0.3, -0.25) is 14.9 Å². The highest BCUT2D eigenvalue weighted by atomic mass is 16.2. The van der Waals surface area contributed by atoms with Crippen LogP contribution in [-0.4, -0.2) is 74.5 Å². The van der Waals surface area contributed by atoms with Crippen molar-refractivity contribution < 1.29 is 9.59 Å². The molecule has 0 unspecified atom stereocenters. The molecule has 2 heterocycles. The second-order valence-electron chi connectivity index (χ2n) is 6.70. The number of hydrogen-bond donors (Lipinski definition) is 2. The second-order valence-corrected chi connectivity index (χ2v) is 6.70. The number of nitrogens with one attached hydrogen (secondary N) is 2. The Bertz CT molecular complexity index is 374. The van der Waals surface area contributed by atoms with Gasteiger partial charge in [-0.25, -0.2) is 0 Å². The average molecular weight is 310 g/mol. The molecule has 6 heteroatoms. The smallest absolute Gasteiger partial charge is 0.229 e. The van der Waals surface area contributed by atoms with Crippen LogP contribution in [0.2, 0.25) is 0 Å². The van der Waals surface area contributed by atoms with Crippen molar-refractivity contribution in [3.8, 4) is 0 Å². The monoisotopic (exact) mass is 310 g/mol. The van der Waals surface area contributed by atoms with E-state index in [0.29, 0.717) is 12.5 Å². The van der Waals surface area contributed by atoms with Crippen LogP contribution in [-0.2, 0) is 9.59 Å². The number of likely N-dealkylation sites (tertiary alicyclic amines) is 1. The van der Waals surface area contributed by atoms with E-state index >= 15 is 0 Å². The number of carbonyl (C=O) groups is 2. The highest BCUT2D eigenvalue weighted by molar-refractivity contribution is 5.96. The SMILES string of the molecule is CN1CCC(N(C)CCC(=O)NC(=O)C2CCNCC2)CC1. The molecule has 0 saturated carbocycles. The second kappa shape index (κ2) is 8.60. The first kappa shape index (κ1) is 17.4. The summed E-state index contributed by atoms with van der Waals surface area (Å²) in [4.78, 5) is 28.6. The molecular weight excluding hydrogens is 280 g/mol. The number of nitrogens with zero attached hydrogens (tertiary/aromatic N) is 2. The third-order valence-corrected chi connectivity index (χ3v) is 4.98. The molecule has 2 fully saturated rings. The molecule has 2 saturated heterocycles. The summed E-state index contributed by atoms with van der Waals surface area (Å²) in [5.74, 6) is -0.228. The summed E-state index contributed by atoms with van der Waals surface area (Å²) < 4.78 is 0. The Kier molecular flexibility index (Phi) is 6.79. The molecule has 0 aliphatic carbocycles. The van der Waals surface area contributed by atoms with E-state index in [0.717, 1.165) is 58.4 Å². The summed E-state index contributed by atoms with van der Waals surface area (Å²) in [5.41, 5.74) is 0. The van der Waals surface area contributed by atoms with Crippen LogP contribution in [0.25, 0.3) is 0 Å². The zero-order chi connectivity index (χ0) is 15.9. The number of piperidine rings is 2. The lowest BCUT2D eigenvalue weighted by Crippen LogP contribution is -2.44. The lowest BCUT2D eigenvalue weighted by atomic mass is 9.97. The minimum atomic E-state index is -0.136. The Morgan fingerprint density at radius 3 is 2.45 bits per heavy atom. The fourth-order valence-electron chi connectivity index (χ4n) is 3.28. The largest absolute Gasteiger partial charge is 0.317 e. The number of carbonyl (C=O) groups excluding carboxylic acids is 2. The van der Waals surface area contributed by atoms with Gasteiger partial charge in [0.05, 0.1) is 0 Å². The highest BCUT2D eigenvalue weighted by Gasteiger charge is 2.24. The third-order valence-electron chi connectivity index (χ3n) is 4.98. The fraction of sp³-hybridized carbons (Fsp3) is 0.875. The van der Waals surface area contributed by atoms with Gasteiger partial charge in [0.2, 0.25) is 11.8 Å². The van der Waals surface area contributed by atoms with Crippen molar-refractivity contribution in [1.82, 2.24) is 20.4 Å². The molecule has 2 aliphatic heterocycles. The van der Waals surface area contributed by atoms with E-state index in [4.69, 9.17) is 0 Å². The maximum absolute atomic E-state index is 12.0. The van der Waals surface area contributed by atoms with E-state index in [-0.39, 0.29) is 17.7 Å². The van der Waals surface area contributed by atoms with E-state index in [1.807, 2.05) is 0 Å². The zero-order valence-electron chi connectivity index (χ0n) is 13.9. The quantitative estimate of drug-likeness (QED) is 0.751. The minimum Gasteiger partial charge on any atom is -0.317 e. The molecule has 0 atom stereocenters. The van der Waals surface area contributed by atoms with Crippen molar-refractivity contribution in [1.29, 1.82) is 0 Å². The summed E-state index contributed by atoms with van der Waals surface area (Å²) >= 11 is 0. The molecule has 126 valence electrons. The van der Waals surface area contributed by atoms with Gasteiger partial charge < -0.3 is 15.1 Å². The molecule has 0 spiro atoms. The summed E-state index contributed by atoms with van der Waals surface area (Å²) in [6, 6.07) is 0.559. The van der Waals surface area contributed by atoms with Crippen molar-refractivity contribution in [2.75, 3.05) is 46.8 Å². The molecule has 2 rings (SSSR count). The molecule has 2 N–H and O–H groups in total. The van der Waals surface area contributed by atoms with E-state index in [2.05, 4.69) is 34.5 Å². The molecule has 0 aromatic rings. The van der Waals surface area contributed by atoms with E-state index in [1.54, 1.807) is 0 Å². The van der Waals surface area contributed by atoms with Gasteiger partial charge >= 0.3 is 0 Å². The molecule has 0 aromatic carbocycles. The predicted octanol–water partition coefficient (Wildman–Crippen LogP) is 0.0449. The first-order valence-corrected chi connectivity index (χ1v) is 8.49. The van der Waals surface area contributed by atoms with Gasteiger partial charge in [0.25, 0.3) is 0 Å². The number of amides is 2. The minimum absolute atomic E-state index is 0.00295. The van der Waals surface area contributed by atoms with Gasteiger partial charge in [0.15, 0.2) is 0 Å². The van der Waals surface area contributed by atoms with Crippen LogP contribution in [0.5, 0.6) is 0 Å². The Balaban J connectivity index is 1.65. The van der Waals surface area contributed by atoms with Crippen molar-refractivity contribution in [2.24, 2.45) is 5.92 Å². The third kappa shape index (κ3) is 5.34. The maximum Gasteiger partial charge on any atom is 0.229 e. The molecule has 2 amide bonds. The Morgan fingerprint density at radius 2 is 1.82 bits per heavy atom. The van der Waals surface area contributed by atoms with Crippen LogP contribution in [0.15, 0.2) is 0 Å². The van der Waals surface area contributed by atoms with Gasteiger partial charge in [-0.1, -0.05) is 0 Å². The van der Waals surface area contributed by atoms with E-state index < -0.39 is 0 Å². The number of hydrogen-bond acceptors (Lipinski definition) is 5. The highest BCUT2D eigenvalue weighted by Crippen LogP contribution is 2.14. The van der Waals surface area contributed by atoms with Crippen molar-refractivity contribution in [3.63, 3.8) is 0 Å². The van der Waals surface area contributed by atoms with Gasteiger partial charge in [0, 0.05) is 24.9 Å².